The first-order valence-corrected chi connectivity index (χ1v) is 6.85. The minimum atomic E-state index is -1.42. The van der Waals surface area contributed by atoms with Crippen LogP contribution in [0.15, 0.2) is 0 Å². The van der Waals surface area contributed by atoms with Crippen LogP contribution < -0.4 is 16.4 Å². The Bertz CT molecular complexity index is 490. The lowest BCUT2D eigenvalue weighted by Gasteiger charge is -2.21. The summed E-state index contributed by atoms with van der Waals surface area (Å²) in [5, 5.41) is 21.8. The maximum Gasteiger partial charge on any atom is 0.305 e. The Morgan fingerprint density at radius 1 is 0.957 bits per heavy atom. The Kier molecular flexibility index (Phi) is 8.48. The van der Waals surface area contributed by atoms with Crippen LogP contribution in [-0.2, 0) is 24.0 Å². The summed E-state index contributed by atoms with van der Waals surface area (Å²) in [5.74, 6) is -4.58. The Labute approximate surface area is 132 Å². The minimum Gasteiger partial charge on any atom is -0.481 e. The van der Waals surface area contributed by atoms with E-state index in [9.17, 15) is 24.0 Å². The Hall–Kier alpha value is -2.49. The number of nitrogens with two attached hydrogens (primary N) is 1. The highest BCUT2D eigenvalue weighted by Crippen LogP contribution is 2.02. The minimum absolute atomic E-state index is 0.141. The average molecular weight is 331 g/mol. The zero-order chi connectivity index (χ0) is 18.2. The first-order chi connectivity index (χ1) is 10.5. The highest BCUT2D eigenvalue weighted by molar-refractivity contribution is 5.94. The van der Waals surface area contributed by atoms with Crippen LogP contribution in [0.5, 0.6) is 0 Å². The van der Waals surface area contributed by atoms with Gasteiger partial charge >= 0.3 is 11.9 Å². The molecule has 6 N–H and O–H groups in total. The van der Waals surface area contributed by atoms with Crippen LogP contribution in [0.3, 0.4) is 0 Å². The number of ketones is 1. The van der Waals surface area contributed by atoms with Crippen molar-refractivity contribution in [1.29, 1.82) is 0 Å². The molecule has 0 saturated carbocycles. The molecule has 2 amide bonds. The lowest BCUT2D eigenvalue weighted by molar-refractivity contribution is -0.141. The summed E-state index contributed by atoms with van der Waals surface area (Å²) in [6.45, 7) is 2.52. The van der Waals surface area contributed by atoms with Gasteiger partial charge in [0.2, 0.25) is 11.8 Å². The number of carbonyl (C=O) groups is 5. The molecule has 0 saturated heterocycles. The van der Waals surface area contributed by atoms with Gasteiger partial charge in [-0.15, -0.1) is 0 Å². The molecule has 0 heterocycles. The van der Waals surface area contributed by atoms with Gasteiger partial charge in [-0.3, -0.25) is 24.0 Å². The van der Waals surface area contributed by atoms with Crippen LogP contribution >= 0.6 is 0 Å². The fourth-order valence-electron chi connectivity index (χ4n) is 1.60. The van der Waals surface area contributed by atoms with Crippen molar-refractivity contribution in [2.45, 2.75) is 51.2 Å². The summed E-state index contributed by atoms with van der Waals surface area (Å²) >= 11 is 0. The number of carbonyl (C=O) groups excluding carboxylic acids is 3. The Morgan fingerprint density at radius 2 is 1.48 bits per heavy atom. The topological polar surface area (TPSA) is 176 Å². The first kappa shape index (κ1) is 20.5. The summed E-state index contributed by atoms with van der Waals surface area (Å²) < 4.78 is 0. The van der Waals surface area contributed by atoms with Gasteiger partial charge in [0.05, 0.1) is 18.5 Å². The van der Waals surface area contributed by atoms with Crippen LogP contribution in [0.2, 0.25) is 0 Å². The molecule has 0 fully saturated rings. The molecule has 0 rings (SSSR count). The van der Waals surface area contributed by atoms with E-state index in [-0.39, 0.29) is 12.8 Å². The smallest absolute Gasteiger partial charge is 0.305 e. The zero-order valence-electron chi connectivity index (χ0n) is 12.9. The van der Waals surface area contributed by atoms with Crippen LogP contribution in [0.25, 0.3) is 0 Å². The summed E-state index contributed by atoms with van der Waals surface area (Å²) in [7, 11) is 0. The van der Waals surface area contributed by atoms with E-state index in [0.717, 1.165) is 0 Å². The highest BCUT2D eigenvalue weighted by atomic mass is 16.4. The van der Waals surface area contributed by atoms with Crippen molar-refractivity contribution in [1.82, 2.24) is 10.6 Å². The normalized spacial score (nSPS) is 14.2. The zero-order valence-corrected chi connectivity index (χ0v) is 12.9. The van der Waals surface area contributed by atoms with Gasteiger partial charge in [-0.1, -0.05) is 0 Å². The predicted molar refractivity (Wildman–Crippen MR) is 77.3 cm³/mol. The summed E-state index contributed by atoms with van der Waals surface area (Å²) in [6, 6.07) is -3.45. The Morgan fingerprint density at radius 3 is 1.87 bits per heavy atom. The molecule has 0 aliphatic carbocycles. The highest BCUT2D eigenvalue weighted by Gasteiger charge is 2.28. The van der Waals surface area contributed by atoms with Crippen molar-refractivity contribution < 1.29 is 34.2 Å². The molecular formula is C13H21N3O7. The van der Waals surface area contributed by atoms with Gasteiger partial charge in [-0.05, 0) is 20.3 Å². The number of carboxylic acids is 2. The number of hydrogen-bond acceptors (Lipinski definition) is 6. The van der Waals surface area contributed by atoms with Crippen molar-refractivity contribution >= 4 is 29.5 Å². The van der Waals surface area contributed by atoms with Gasteiger partial charge < -0.3 is 26.6 Å². The van der Waals surface area contributed by atoms with Crippen molar-refractivity contribution in [3.8, 4) is 0 Å². The number of carboxylic acid groups (broad SMARTS) is 2. The fraction of sp³-hybridized carbons (Fsp3) is 0.615. The molecule has 0 aromatic carbocycles. The molecule has 0 aliphatic rings. The molecule has 23 heavy (non-hydrogen) atoms. The van der Waals surface area contributed by atoms with Crippen LogP contribution in [0.1, 0.15) is 33.1 Å². The van der Waals surface area contributed by atoms with E-state index in [1.807, 2.05) is 0 Å². The third-order valence-electron chi connectivity index (χ3n) is 2.88. The second kappa shape index (κ2) is 9.51. The van der Waals surface area contributed by atoms with Crippen LogP contribution in [0.4, 0.5) is 0 Å². The fourth-order valence-corrected chi connectivity index (χ4v) is 1.60. The van der Waals surface area contributed by atoms with E-state index in [1.165, 1.54) is 13.8 Å². The molecule has 10 nitrogen and oxygen atoms in total. The molecule has 130 valence electrons. The monoisotopic (exact) mass is 331 g/mol. The summed E-state index contributed by atoms with van der Waals surface area (Å²) in [5.41, 5.74) is 5.34. The quantitative estimate of drug-likeness (QED) is 0.312. The van der Waals surface area contributed by atoms with Crippen molar-refractivity contribution in [3.63, 3.8) is 0 Å². The lowest BCUT2D eigenvalue weighted by atomic mass is 10.1. The van der Waals surface area contributed by atoms with E-state index in [4.69, 9.17) is 15.9 Å². The summed E-state index contributed by atoms with van der Waals surface area (Å²) in [6.07, 6.45) is -1.19. The number of aliphatic carboxylic acids is 2. The number of amides is 2. The largest absolute Gasteiger partial charge is 0.481 e. The number of rotatable bonds is 10. The molecular weight excluding hydrogens is 310 g/mol. The molecule has 0 spiro atoms. The van der Waals surface area contributed by atoms with Gasteiger partial charge in [0, 0.05) is 6.42 Å². The van der Waals surface area contributed by atoms with E-state index in [1.54, 1.807) is 0 Å². The molecule has 0 aliphatic heterocycles. The van der Waals surface area contributed by atoms with Crippen LogP contribution in [-0.4, -0.2) is 57.9 Å². The summed E-state index contributed by atoms with van der Waals surface area (Å²) in [4.78, 5) is 56.4. The molecule has 10 heteroatoms. The van der Waals surface area contributed by atoms with Gasteiger partial charge in [0.25, 0.3) is 0 Å². The maximum atomic E-state index is 12.1. The number of Topliss-reactive ketones (excluding diaryl/α,β-unsaturated/α-hetero) is 1. The van der Waals surface area contributed by atoms with Gasteiger partial charge in [0.15, 0.2) is 5.78 Å². The van der Waals surface area contributed by atoms with Gasteiger partial charge in [-0.2, -0.15) is 0 Å². The van der Waals surface area contributed by atoms with E-state index >= 15 is 0 Å². The van der Waals surface area contributed by atoms with Gasteiger partial charge in [0.1, 0.15) is 6.04 Å². The van der Waals surface area contributed by atoms with E-state index < -0.39 is 54.1 Å². The second-order valence-corrected chi connectivity index (χ2v) is 5.05. The second-order valence-electron chi connectivity index (χ2n) is 5.05. The Balaban J connectivity index is 4.96. The van der Waals surface area contributed by atoms with E-state index in [2.05, 4.69) is 10.6 Å². The molecule has 3 unspecified atom stereocenters. The molecule has 0 aromatic heterocycles. The van der Waals surface area contributed by atoms with Gasteiger partial charge in [-0.25, -0.2) is 0 Å². The average Bonchev–Trinajstić information content (AvgIpc) is 2.40. The SMILES string of the molecule is CC(=O)C(CCC(=O)O)NC(=O)C(CC(=O)O)NC(=O)C(C)N. The number of hydrogen-bond donors (Lipinski definition) is 5. The van der Waals surface area contributed by atoms with Crippen molar-refractivity contribution in [2.75, 3.05) is 0 Å². The third-order valence-corrected chi connectivity index (χ3v) is 2.88. The van der Waals surface area contributed by atoms with Crippen LogP contribution in [0, 0.1) is 0 Å². The van der Waals surface area contributed by atoms with E-state index in [0.29, 0.717) is 0 Å². The molecule has 0 bridgehead atoms. The molecule has 3 atom stereocenters. The van der Waals surface area contributed by atoms with Crippen molar-refractivity contribution in [2.24, 2.45) is 5.73 Å². The number of nitrogens with one attached hydrogen (secondary N) is 2. The van der Waals surface area contributed by atoms with Crippen molar-refractivity contribution in [3.05, 3.63) is 0 Å². The standard InChI is InChI=1S/C13H21N3O7/c1-6(14)12(22)16-9(5-11(20)21)13(23)15-8(7(2)17)3-4-10(18)19/h6,8-9H,3-5,14H2,1-2H3,(H,15,23)(H,16,22)(H,18,19)(H,20,21). The molecule has 0 aromatic rings. The third kappa shape index (κ3) is 8.51. The lowest BCUT2D eigenvalue weighted by Crippen LogP contribution is -2.54. The first-order valence-electron chi connectivity index (χ1n) is 6.85. The molecule has 0 radical (unpaired) electrons. The maximum absolute atomic E-state index is 12.1. The predicted octanol–water partition coefficient (Wildman–Crippen LogP) is -1.77.